The monoisotopic (exact) mass is 572 g/mol. The highest BCUT2D eigenvalue weighted by Crippen LogP contribution is 2.23. The van der Waals surface area contributed by atoms with E-state index >= 15 is 0 Å². The molecule has 1 saturated heterocycles. The van der Waals surface area contributed by atoms with E-state index in [1.165, 1.54) is 36.4 Å². The number of sulfonamides is 1. The van der Waals surface area contributed by atoms with Crippen LogP contribution in [0.25, 0.3) is 0 Å². The Morgan fingerprint density at radius 1 is 1.22 bits per heavy atom. The second-order valence-corrected chi connectivity index (χ2v) is 9.27. The molecular weight excluding hydrogens is 539 g/mol. The molecule has 2 heterocycles. The summed E-state index contributed by atoms with van der Waals surface area (Å²) in [5.74, 6) is 0.655. The average Bonchev–Trinajstić information content (AvgIpc) is 3.32. The van der Waals surface area contributed by atoms with E-state index < -0.39 is 10.0 Å². The molecule has 1 aromatic carbocycles. The summed E-state index contributed by atoms with van der Waals surface area (Å²) < 4.78 is 27.1. The minimum atomic E-state index is -3.58. The highest BCUT2D eigenvalue weighted by Gasteiger charge is 2.15. The molecule has 0 bridgehead atoms. The SMILES string of the molecule is CCNC(=NCCNS(=O)(=O)c1cccnc1)NC(C)c1cccc(N2CCCC2)c1.I. The normalized spacial score (nSPS) is 15.2. The van der Waals surface area contributed by atoms with Crippen molar-refractivity contribution in [3.8, 4) is 0 Å². The Bertz CT molecular complexity index is 965. The number of pyridine rings is 1. The number of nitrogens with one attached hydrogen (secondary N) is 3. The van der Waals surface area contributed by atoms with Crippen LogP contribution in [0.2, 0.25) is 0 Å². The summed E-state index contributed by atoms with van der Waals surface area (Å²) in [6.45, 7) is 7.56. The largest absolute Gasteiger partial charge is 0.372 e. The molecule has 1 aliphatic heterocycles. The number of aliphatic imine (C=N–C) groups is 1. The van der Waals surface area contributed by atoms with Gasteiger partial charge in [0.15, 0.2) is 5.96 Å². The Kier molecular flexibility index (Phi) is 10.7. The first-order valence-corrected chi connectivity index (χ1v) is 12.3. The molecule has 0 radical (unpaired) electrons. The summed E-state index contributed by atoms with van der Waals surface area (Å²) in [6, 6.07) is 11.8. The molecular formula is C22H33IN6O2S. The van der Waals surface area contributed by atoms with Crippen LogP contribution in [0, 0.1) is 0 Å². The lowest BCUT2D eigenvalue weighted by molar-refractivity contribution is 0.581. The molecule has 1 aliphatic rings. The number of hydrogen-bond donors (Lipinski definition) is 3. The highest BCUT2D eigenvalue weighted by atomic mass is 127. The summed E-state index contributed by atoms with van der Waals surface area (Å²) in [6.07, 6.45) is 5.37. The second kappa shape index (κ2) is 12.9. The van der Waals surface area contributed by atoms with Crippen LogP contribution in [-0.4, -0.2) is 52.1 Å². The van der Waals surface area contributed by atoms with E-state index in [9.17, 15) is 8.42 Å². The van der Waals surface area contributed by atoms with Gasteiger partial charge in [-0.3, -0.25) is 9.98 Å². The van der Waals surface area contributed by atoms with Crippen molar-refractivity contribution in [1.82, 2.24) is 20.3 Å². The number of guanidine groups is 1. The standard InChI is InChI=1S/C22H32N6O2S.HI/c1-3-24-22(25-12-13-26-31(29,30)21-10-7-11-23-17-21)27-18(2)19-8-6-9-20(16-19)28-14-4-5-15-28;/h6-11,16-18,26H,3-5,12-15H2,1-2H3,(H2,24,25,27);1H. The van der Waals surface area contributed by atoms with Gasteiger partial charge in [-0.2, -0.15) is 0 Å². The minimum Gasteiger partial charge on any atom is -0.372 e. The van der Waals surface area contributed by atoms with Crippen molar-refractivity contribution in [1.29, 1.82) is 0 Å². The molecule has 1 aromatic heterocycles. The van der Waals surface area contributed by atoms with E-state index in [-0.39, 0.29) is 41.5 Å². The molecule has 0 spiro atoms. The van der Waals surface area contributed by atoms with E-state index in [2.05, 4.69) is 61.4 Å². The van der Waals surface area contributed by atoms with Crippen LogP contribution in [0.4, 0.5) is 5.69 Å². The predicted octanol–water partition coefficient (Wildman–Crippen LogP) is 2.89. The van der Waals surface area contributed by atoms with Gasteiger partial charge in [-0.05, 0) is 56.5 Å². The molecule has 10 heteroatoms. The number of halogens is 1. The van der Waals surface area contributed by atoms with Crippen LogP contribution in [0.1, 0.15) is 38.3 Å². The Balaban J connectivity index is 0.00000363. The zero-order valence-electron chi connectivity index (χ0n) is 18.6. The van der Waals surface area contributed by atoms with Gasteiger partial charge in [0.1, 0.15) is 4.90 Å². The van der Waals surface area contributed by atoms with Crippen molar-refractivity contribution in [3.05, 3.63) is 54.4 Å². The van der Waals surface area contributed by atoms with Gasteiger partial charge in [-0.25, -0.2) is 13.1 Å². The number of rotatable bonds is 9. The van der Waals surface area contributed by atoms with Gasteiger partial charge in [0, 0.05) is 44.3 Å². The maximum absolute atomic E-state index is 12.3. The van der Waals surface area contributed by atoms with Gasteiger partial charge in [-0.1, -0.05) is 12.1 Å². The lowest BCUT2D eigenvalue weighted by Gasteiger charge is -2.22. The van der Waals surface area contributed by atoms with Gasteiger partial charge >= 0.3 is 0 Å². The Morgan fingerprint density at radius 3 is 2.69 bits per heavy atom. The number of nitrogens with zero attached hydrogens (tertiary/aromatic N) is 3. The molecule has 8 nitrogen and oxygen atoms in total. The molecule has 1 fully saturated rings. The Hall–Kier alpha value is -1.92. The predicted molar refractivity (Wildman–Crippen MR) is 140 cm³/mol. The van der Waals surface area contributed by atoms with Gasteiger partial charge in [-0.15, -0.1) is 24.0 Å². The van der Waals surface area contributed by atoms with E-state index in [1.54, 1.807) is 12.3 Å². The lowest BCUT2D eigenvalue weighted by atomic mass is 10.1. The maximum Gasteiger partial charge on any atom is 0.242 e. The van der Waals surface area contributed by atoms with Crippen LogP contribution in [0.15, 0.2) is 58.7 Å². The third kappa shape index (κ3) is 7.59. The van der Waals surface area contributed by atoms with Crippen LogP contribution in [-0.2, 0) is 10.0 Å². The van der Waals surface area contributed by atoms with Crippen molar-refractivity contribution in [2.24, 2.45) is 4.99 Å². The third-order valence-electron chi connectivity index (χ3n) is 5.16. The fourth-order valence-electron chi connectivity index (χ4n) is 3.51. The van der Waals surface area contributed by atoms with Gasteiger partial charge in [0.2, 0.25) is 10.0 Å². The molecule has 3 rings (SSSR count). The fourth-order valence-corrected chi connectivity index (χ4v) is 4.50. The van der Waals surface area contributed by atoms with E-state index in [1.807, 2.05) is 6.92 Å². The zero-order chi connectivity index (χ0) is 22.1. The molecule has 176 valence electrons. The summed E-state index contributed by atoms with van der Waals surface area (Å²) in [5.41, 5.74) is 2.45. The molecule has 0 saturated carbocycles. The van der Waals surface area contributed by atoms with Crippen molar-refractivity contribution in [2.45, 2.75) is 37.6 Å². The van der Waals surface area contributed by atoms with Crippen LogP contribution in [0.5, 0.6) is 0 Å². The highest BCUT2D eigenvalue weighted by molar-refractivity contribution is 14.0. The third-order valence-corrected chi connectivity index (χ3v) is 6.60. The molecule has 0 aliphatic carbocycles. The van der Waals surface area contributed by atoms with Crippen molar-refractivity contribution in [3.63, 3.8) is 0 Å². The van der Waals surface area contributed by atoms with E-state index in [0.717, 1.165) is 13.1 Å². The van der Waals surface area contributed by atoms with Crippen molar-refractivity contribution >= 4 is 45.6 Å². The van der Waals surface area contributed by atoms with Gasteiger partial charge < -0.3 is 15.5 Å². The zero-order valence-corrected chi connectivity index (χ0v) is 21.8. The first-order valence-electron chi connectivity index (χ1n) is 10.8. The van der Waals surface area contributed by atoms with E-state index in [0.29, 0.717) is 19.0 Å². The summed E-state index contributed by atoms with van der Waals surface area (Å²) in [7, 11) is -3.58. The first-order chi connectivity index (χ1) is 15.0. The van der Waals surface area contributed by atoms with Crippen molar-refractivity contribution < 1.29 is 8.42 Å². The van der Waals surface area contributed by atoms with Crippen molar-refractivity contribution in [2.75, 3.05) is 37.6 Å². The Labute approximate surface area is 208 Å². The molecule has 32 heavy (non-hydrogen) atoms. The fraction of sp³-hybridized carbons (Fsp3) is 0.455. The summed E-state index contributed by atoms with van der Waals surface area (Å²) in [4.78, 5) is 10.9. The Morgan fingerprint density at radius 2 is 2.00 bits per heavy atom. The molecule has 2 aromatic rings. The second-order valence-electron chi connectivity index (χ2n) is 7.50. The van der Waals surface area contributed by atoms with Gasteiger partial charge in [0.05, 0.1) is 12.6 Å². The maximum atomic E-state index is 12.3. The minimum absolute atomic E-state index is 0. The smallest absolute Gasteiger partial charge is 0.242 e. The quantitative estimate of drug-likeness (QED) is 0.185. The summed E-state index contributed by atoms with van der Waals surface area (Å²) >= 11 is 0. The molecule has 0 amide bonds. The number of anilines is 1. The first kappa shape index (κ1) is 26.3. The van der Waals surface area contributed by atoms with Gasteiger partial charge in [0.25, 0.3) is 0 Å². The average molecular weight is 573 g/mol. The van der Waals surface area contributed by atoms with Crippen LogP contribution >= 0.6 is 24.0 Å². The summed E-state index contributed by atoms with van der Waals surface area (Å²) in [5, 5.41) is 6.64. The lowest BCUT2D eigenvalue weighted by Crippen LogP contribution is -2.39. The topological polar surface area (TPSA) is 98.7 Å². The number of benzene rings is 1. The molecule has 1 unspecified atom stereocenters. The molecule has 1 atom stereocenters. The number of hydrogen-bond acceptors (Lipinski definition) is 5. The number of aromatic nitrogens is 1. The molecule has 3 N–H and O–H groups in total. The van der Waals surface area contributed by atoms with E-state index in [4.69, 9.17) is 0 Å². The van der Waals surface area contributed by atoms with Crippen LogP contribution < -0.4 is 20.3 Å². The van der Waals surface area contributed by atoms with Crippen LogP contribution in [0.3, 0.4) is 0 Å².